The van der Waals surface area contributed by atoms with E-state index in [0.29, 0.717) is 5.56 Å². The summed E-state index contributed by atoms with van der Waals surface area (Å²) in [5, 5.41) is 5.38. The number of carbonyl (C=O) groups excluding carboxylic acids is 2. The molecule has 0 saturated heterocycles. The number of ketones is 1. The number of H-pyrrole nitrogens is 1. The molecule has 0 saturated carbocycles. The molecular weight excluding hydrogens is 378 g/mol. The number of carbonyl (C=O) groups is 2. The van der Waals surface area contributed by atoms with Crippen molar-refractivity contribution in [1.82, 2.24) is 14.8 Å². The number of para-hydroxylation sites is 2. The van der Waals surface area contributed by atoms with E-state index in [1.165, 1.54) is 0 Å². The fourth-order valence-electron chi connectivity index (χ4n) is 3.68. The molecule has 30 heavy (non-hydrogen) atoms. The Morgan fingerprint density at radius 2 is 1.77 bits per heavy atom. The summed E-state index contributed by atoms with van der Waals surface area (Å²) < 4.78 is 7.29. The molecule has 2 heterocycles. The minimum atomic E-state index is -0.874. The van der Waals surface area contributed by atoms with Crippen LogP contribution in [-0.2, 0) is 16.0 Å². The predicted molar refractivity (Wildman–Crippen MR) is 115 cm³/mol. The molecule has 0 bridgehead atoms. The second-order valence-electron chi connectivity index (χ2n) is 7.32. The van der Waals surface area contributed by atoms with Gasteiger partial charge < -0.3 is 9.72 Å². The molecule has 0 amide bonds. The molecule has 152 valence electrons. The van der Waals surface area contributed by atoms with Crippen molar-refractivity contribution in [3.05, 3.63) is 83.3 Å². The number of esters is 1. The van der Waals surface area contributed by atoms with Gasteiger partial charge in [-0.05, 0) is 39.0 Å². The highest BCUT2D eigenvalue weighted by atomic mass is 16.5. The third-order valence-electron chi connectivity index (χ3n) is 5.30. The van der Waals surface area contributed by atoms with Gasteiger partial charge in [0, 0.05) is 33.9 Å². The maximum absolute atomic E-state index is 12.8. The maximum Gasteiger partial charge on any atom is 0.311 e. The zero-order valence-electron chi connectivity index (χ0n) is 17.2. The zero-order valence-corrected chi connectivity index (χ0v) is 17.2. The zero-order chi connectivity index (χ0) is 21.3. The lowest BCUT2D eigenvalue weighted by molar-refractivity contribution is -0.145. The average molecular weight is 401 g/mol. The number of benzene rings is 2. The van der Waals surface area contributed by atoms with E-state index >= 15 is 0 Å². The number of hydrogen-bond acceptors (Lipinski definition) is 4. The van der Waals surface area contributed by atoms with Gasteiger partial charge >= 0.3 is 5.97 Å². The Kier molecular flexibility index (Phi) is 5.23. The van der Waals surface area contributed by atoms with Crippen LogP contribution in [0.2, 0.25) is 0 Å². The number of aromatic nitrogens is 3. The van der Waals surface area contributed by atoms with E-state index in [4.69, 9.17) is 4.74 Å². The summed E-state index contributed by atoms with van der Waals surface area (Å²) in [5.41, 5.74) is 4.79. The lowest BCUT2D eigenvalue weighted by atomic mass is 10.1. The number of nitrogens with one attached hydrogen (secondary N) is 1. The molecule has 2 aromatic heterocycles. The first-order chi connectivity index (χ1) is 14.5. The van der Waals surface area contributed by atoms with E-state index in [1.807, 2.05) is 73.1 Å². The molecular formula is C24H23N3O3. The first-order valence-electron chi connectivity index (χ1n) is 9.86. The predicted octanol–water partition coefficient (Wildman–Crippen LogP) is 4.33. The normalized spacial score (nSPS) is 12.1. The highest BCUT2D eigenvalue weighted by Gasteiger charge is 2.24. The summed E-state index contributed by atoms with van der Waals surface area (Å²) in [6.07, 6.45) is 0.854. The minimum Gasteiger partial charge on any atom is -0.454 e. The van der Waals surface area contributed by atoms with Crippen LogP contribution in [0.25, 0.3) is 16.6 Å². The summed E-state index contributed by atoms with van der Waals surface area (Å²) in [4.78, 5) is 28.5. The molecule has 0 aliphatic carbocycles. The number of hydrogen-bond donors (Lipinski definition) is 1. The maximum atomic E-state index is 12.8. The number of aromatic amines is 1. The second kappa shape index (κ2) is 7.99. The SMILES string of the molecule is Cc1nn(-c2ccccc2)c(C)c1CC(=O)O[C@H](C)C(=O)c1c[nH]c2ccccc12. The number of Topliss-reactive ketones (excluding diaryl/α,β-unsaturated/α-hetero) is 1. The third-order valence-corrected chi connectivity index (χ3v) is 5.30. The van der Waals surface area contributed by atoms with E-state index in [0.717, 1.165) is 33.5 Å². The van der Waals surface area contributed by atoms with Crippen LogP contribution < -0.4 is 0 Å². The number of ether oxygens (including phenoxy) is 1. The highest BCUT2D eigenvalue weighted by Crippen LogP contribution is 2.21. The smallest absolute Gasteiger partial charge is 0.311 e. The van der Waals surface area contributed by atoms with Crippen molar-refractivity contribution in [2.24, 2.45) is 0 Å². The second-order valence-corrected chi connectivity index (χ2v) is 7.32. The van der Waals surface area contributed by atoms with Crippen molar-refractivity contribution in [3.63, 3.8) is 0 Å². The average Bonchev–Trinajstić information content (AvgIpc) is 3.30. The molecule has 0 fully saturated rings. The molecule has 0 unspecified atom stereocenters. The fourth-order valence-corrected chi connectivity index (χ4v) is 3.68. The standard InChI is InChI=1S/C24H23N3O3/c1-15-20(16(2)27(26-15)18-9-5-4-6-10-18)13-23(28)30-17(3)24(29)21-14-25-22-12-8-7-11-19(21)22/h4-12,14,17,25H,13H2,1-3H3/t17-/m1/s1. The summed E-state index contributed by atoms with van der Waals surface area (Å²) in [5.74, 6) is -0.677. The molecule has 6 nitrogen and oxygen atoms in total. The number of rotatable bonds is 6. The molecule has 4 aromatic rings. The largest absolute Gasteiger partial charge is 0.454 e. The van der Waals surface area contributed by atoms with Gasteiger partial charge in [-0.15, -0.1) is 0 Å². The topological polar surface area (TPSA) is 77.0 Å². The lowest BCUT2D eigenvalue weighted by Crippen LogP contribution is -2.25. The van der Waals surface area contributed by atoms with E-state index in [2.05, 4.69) is 10.1 Å². The van der Waals surface area contributed by atoms with Gasteiger partial charge in [-0.25, -0.2) is 4.68 Å². The minimum absolute atomic E-state index is 0.0655. The molecule has 0 spiro atoms. The molecule has 1 N–H and O–H groups in total. The third kappa shape index (κ3) is 3.64. The molecule has 4 rings (SSSR count). The Morgan fingerprint density at radius 1 is 1.07 bits per heavy atom. The van der Waals surface area contributed by atoms with Crippen LogP contribution in [0.15, 0.2) is 60.8 Å². The van der Waals surface area contributed by atoms with E-state index < -0.39 is 12.1 Å². The Hall–Kier alpha value is -3.67. The summed E-state index contributed by atoms with van der Waals surface area (Å²) in [7, 11) is 0. The van der Waals surface area contributed by atoms with Gasteiger partial charge in [0.05, 0.1) is 17.8 Å². The van der Waals surface area contributed by atoms with Gasteiger partial charge in [0.25, 0.3) is 0 Å². The van der Waals surface area contributed by atoms with Crippen LogP contribution in [0, 0.1) is 13.8 Å². The molecule has 0 aliphatic rings. The van der Waals surface area contributed by atoms with E-state index in [1.54, 1.807) is 13.1 Å². The van der Waals surface area contributed by atoms with Crippen molar-refractivity contribution >= 4 is 22.7 Å². The fraction of sp³-hybridized carbons (Fsp3) is 0.208. The van der Waals surface area contributed by atoms with Crippen LogP contribution in [-0.4, -0.2) is 32.6 Å². The van der Waals surface area contributed by atoms with E-state index in [-0.39, 0.29) is 12.2 Å². The molecule has 2 aromatic carbocycles. The first kappa shape index (κ1) is 19.6. The first-order valence-corrected chi connectivity index (χ1v) is 9.86. The van der Waals surface area contributed by atoms with Gasteiger partial charge in [0.15, 0.2) is 6.10 Å². The molecule has 6 heteroatoms. The number of aryl methyl sites for hydroxylation is 1. The van der Waals surface area contributed by atoms with E-state index in [9.17, 15) is 9.59 Å². The van der Waals surface area contributed by atoms with Gasteiger partial charge in [-0.3, -0.25) is 9.59 Å². The van der Waals surface area contributed by atoms with Crippen molar-refractivity contribution < 1.29 is 14.3 Å². The number of fused-ring (bicyclic) bond motifs is 1. The van der Waals surface area contributed by atoms with Crippen LogP contribution in [0.1, 0.15) is 34.2 Å². The van der Waals surface area contributed by atoms with Crippen LogP contribution in [0.3, 0.4) is 0 Å². The Morgan fingerprint density at radius 3 is 2.53 bits per heavy atom. The highest BCUT2D eigenvalue weighted by molar-refractivity contribution is 6.10. The molecule has 1 atom stereocenters. The van der Waals surface area contributed by atoms with Crippen molar-refractivity contribution in [2.45, 2.75) is 33.3 Å². The number of nitrogens with zero attached hydrogens (tertiary/aromatic N) is 2. The molecule has 0 radical (unpaired) electrons. The molecule has 0 aliphatic heterocycles. The lowest BCUT2D eigenvalue weighted by Gasteiger charge is -2.12. The van der Waals surface area contributed by atoms with Crippen molar-refractivity contribution in [1.29, 1.82) is 0 Å². The van der Waals surface area contributed by atoms with Crippen molar-refractivity contribution in [3.8, 4) is 5.69 Å². The quantitative estimate of drug-likeness (QED) is 0.385. The van der Waals surface area contributed by atoms with Crippen LogP contribution in [0.4, 0.5) is 0 Å². The van der Waals surface area contributed by atoms with Gasteiger partial charge in [-0.1, -0.05) is 36.4 Å². The van der Waals surface area contributed by atoms with Crippen LogP contribution >= 0.6 is 0 Å². The monoisotopic (exact) mass is 401 g/mol. The van der Waals surface area contributed by atoms with Gasteiger partial charge in [0.2, 0.25) is 5.78 Å². The Bertz CT molecular complexity index is 1220. The summed E-state index contributed by atoms with van der Waals surface area (Å²) >= 11 is 0. The summed E-state index contributed by atoms with van der Waals surface area (Å²) in [6.45, 7) is 5.40. The van der Waals surface area contributed by atoms with Gasteiger partial charge in [0.1, 0.15) is 0 Å². The van der Waals surface area contributed by atoms with Gasteiger partial charge in [-0.2, -0.15) is 5.10 Å². The Labute approximate surface area is 174 Å². The Balaban J connectivity index is 1.48. The summed E-state index contributed by atoms with van der Waals surface area (Å²) in [6, 6.07) is 17.3. The van der Waals surface area contributed by atoms with Crippen LogP contribution in [0.5, 0.6) is 0 Å². The van der Waals surface area contributed by atoms with Crippen molar-refractivity contribution in [2.75, 3.05) is 0 Å².